The highest BCUT2D eigenvalue weighted by Crippen LogP contribution is 2.35. The van der Waals surface area contributed by atoms with Crippen molar-refractivity contribution in [3.8, 4) is 0 Å². The second-order valence-electron chi connectivity index (χ2n) is 6.36. The first-order valence-electron chi connectivity index (χ1n) is 8.53. The van der Waals surface area contributed by atoms with E-state index in [1.165, 1.54) is 42.8 Å². The molecule has 2 aromatic carbocycles. The van der Waals surface area contributed by atoms with Gasteiger partial charge >= 0.3 is 0 Å². The van der Waals surface area contributed by atoms with Gasteiger partial charge < -0.3 is 5.32 Å². The molecule has 0 aliphatic heterocycles. The molecule has 2 aromatic rings. The maximum absolute atomic E-state index is 13.0. The number of nitrogens with one attached hydrogen (secondary N) is 1. The molecule has 1 saturated carbocycles. The smallest absolute Gasteiger partial charge is 0.284 e. The molecule has 0 saturated heterocycles. The Morgan fingerprint density at radius 1 is 1.19 bits per heavy atom. The average molecular weight is 374 g/mol. The van der Waals surface area contributed by atoms with E-state index in [1.54, 1.807) is 24.3 Å². The van der Waals surface area contributed by atoms with E-state index in [0.29, 0.717) is 22.3 Å². The SMILES string of the molecule is O=C(NCC1CCCC1)c1ccc(Sc2ccc(F)cc2)c([N+](=O)[O-])c1. The molecule has 1 N–H and O–H groups in total. The van der Waals surface area contributed by atoms with Crippen molar-refractivity contribution in [2.75, 3.05) is 6.54 Å². The van der Waals surface area contributed by atoms with E-state index in [1.807, 2.05) is 0 Å². The second kappa shape index (κ2) is 8.31. The number of amides is 1. The van der Waals surface area contributed by atoms with Crippen LogP contribution in [0.5, 0.6) is 0 Å². The van der Waals surface area contributed by atoms with Gasteiger partial charge in [0.25, 0.3) is 11.6 Å². The van der Waals surface area contributed by atoms with Crippen molar-refractivity contribution in [3.05, 3.63) is 64.0 Å². The van der Waals surface area contributed by atoms with Crippen LogP contribution in [-0.2, 0) is 0 Å². The molecule has 1 aliphatic carbocycles. The molecule has 0 atom stereocenters. The fourth-order valence-corrected chi connectivity index (χ4v) is 3.97. The first-order chi connectivity index (χ1) is 12.5. The predicted octanol–water partition coefficient (Wildman–Crippen LogP) is 4.81. The second-order valence-corrected chi connectivity index (χ2v) is 7.47. The third-order valence-corrected chi connectivity index (χ3v) is 5.56. The summed E-state index contributed by atoms with van der Waals surface area (Å²) in [5.41, 5.74) is 0.144. The molecule has 5 nitrogen and oxygen atoms in total. The molecule has 1 amide bonds. The van der Waals surface area contributed by atoms with Crippen LogP contribution in [0.3, 0.4) is 0 Å². The van der Waals surface area contributed by atoms with E-state index in [-0.39, 0.29) is 23.0 Å². The van der Waals surface area contributed by atoms with E-state index in [2.05, 4.69) is 5.32 Å². The molecule has 0 bridgehead atoms. The highest BCUT2D eigenvalue weighted by atomic mass is 32.2. The quantitative estimate of drug-likeness (QED) is 0.582. The summed E-state index contributed by atoms with van der Waals surface area (Å²) in [6.45, 7) is 0.610. The van der Waals surface area contributed by atoms with Crippen LogP contribution in [0.1, 0.15) is 36.0 Å². The molecule has 0 spiro atoms. The number of rotatable bonds is 6. The van der Waals surface area contributed by atoms with Gasteiger partial charge in [-0.2, -0.15) is 0 Å². The number of nitro benzene ring substituents is 1. The van der Waals surface area contributed by atoms with Crippen molar-refractivity contribution in [2.45, 2.75) is 35.5 Å². The number of benzene rings is 2. The van der Waals surface area contributed by atoms with E-state index in [9.17, 15) is 19.3 Å². The van der Waals surface area contributed by atoms with Crippen molar-refractivity contribution in [3.63, 3.8) is 0 Å². The summed E-state index contributed by atoms with van der Waals surface area (Å²) < 4.78 is 13.0. The Morgan fingerprint density at radius 3 is 2.54 bits per heavy atom. The molecule has 0 radical (unpaired) electrons. The Labute approximate surface area is 155 Å². The van der Waals surface area contributed by atoms with Crippen LogP contribution >= 0.6 is 11.8 Å². The van der Waals surface area contributed by atoms with Gasteiger partial charge in [0.15, 0.2) is 0 Å². The van der Waals surface area contributed by atoms with E-state index in [0.717, 1.165) is 12.8 Å². The fraction of sp³-hybridized carbons (Fsp3) is 0.316. The number of hydrogen-bond acceptors (Lipinski definition) is 4. The molecule has 26 heavy (non-hydrogen) atoms. The summed E-state index contributed by atoms with van der Waals surface area (Å²) in [6, 6.07) is 10.2. The Balaban J connectivity index is 1.74. The summed E-state index contributed by atoms with van der Waals surface area (Å²) in [5.74, 6) is -0.154. The lowest BCUT2D eigenvalue weighted by molar-refractivity contribution is -0.387. The Morgan fingerprint density at radius 2 is 1.88 bits per heavy atom. The minimum absolute atomic E-state index is 0.132. The summed E-state index contributed by atoms with van der Waals surface area (Å²) >= 11 is 1.17. The summed E-state index contributed by atoms with van der Waals surface area (Å²) in [7, 11) is 0. The molecule has 0 unspecified atom stereocenters. The third-order valence-electron chi connectivity index (χ3n) is 4.49. The number of nitro groups is 1. The molecule has 1 aliphatic rings. The summed E-state index contributed by atoms with van der Waals surface area (Å²) in [4.78, 5) is 24.3. The van der Waals surface area contributed by atoms with Crippen molar-refractivity contribution < 1.29 is 14.1 Å². The predicted molar refractivity (Wildman–Crippen MR) is 97.9 cm³/mol. The van der Waals surface area contributed by atoms with Gasteiger partial charge in [0.2, 0.25) is 0 Å². The van der Waals surface area contributed by atoms with Crippen molar-refractivity contribution in [1.29, 1.82) is 0 Å². The van der Waals surface area contributed by atoms with Crippen molar-refractivity contribution in [2.24, 2.45) is 5.92 Å². The highest BCUT2D eigenvalue weighted by molar-refractivity contribution is 7.99. The highest BCUT2D eigenvalue weighted by Gasteiger charge is 2.20. The van der Waals surface area contributed by atoms with Crippen LogP contribution in [0.25, 0.3) is 0 Å². The van der Waals surface area contributed by atoms with E-state index in [4.69, 9.17) is 0 Å². The third kappa shape index (κ3) is 4.60. The topological polar surface area (TPSA) is 72.2 Å². The lowest BCUT2D eigenvalue weighted by Gasteiger charge is -2.11. The normalized spacial score (nSPS) is 14.3. The molecule has 0 aromatic heterocycles. The average Bonchev–Trinajstić information content (AvgIpc) is 3.15. The van der Waals surface area contributed by atoms with Gasteiger partial charge in [-0.1, -0.05) is 24.6 Å². The van der Waals surface area contributed by atoms with Crippen LogP contribution in [0.15, 0.2) is 52.3 Å². The minimum atomic E-state index is -0.500. The summed E-state index contributed by atoms with van der Waals surface area (Å²) in [6.07, 6.45) is 4.63. The number of carbonyl (C=O) groups is 1. The van der Waals surface area contributed by atoms with Gasteiger partial charge in [0.1, 0.15) is 5.82 Å². The monoisotopic (exact) mass is 374 g/mol. The van der Waals surface area contributed by atoms with Gasteiger partial charge in [-0.3, -0.25) is 14.9 Å². The van der Waals surface area contributed by atoms with Crippen LogP contribution in [-0.4, -0.2) is 17.4 Å². The molecule has 136 valence electrons. The van der Waals surface area contributed by atoms with Gasteiger partial charge in [-0.15, -0.1) is 0 Å². The zero-order chi connectivity index (χ0) is 18.5. The number of nitrogens with zero attached hydrogens (tertiary/aromatic N) is 1. The lowest BCUT2D eigenvalue weighted by atomic mass is 10.1. The van der Waals surface area contributed by atoms with Gasteiger partial charge in [-0.05, 0) is 55.2 Å². The van der Waals surface area contributed by atoms with E-state index >= 15 is 0 Å². The zero-order valence-corrected chi connectivity index (χ0v) is 14.9. The van der Waals surface area contributed by atoms with Crippen LogP contribution in [0.4, 0.5) is 10.1 Å². The van der Waals surface area contributed by atoms with Gasteiger partial charge in [-0.25, -0.2) is 4.39 Å². The minimum Gasteiger partial charge on any atom is -0.352 e. The number of hydrogen-bond donors (Lipinski definition) is 1. The summed E-state index contributed by atoms with van der Waals surface area (Å²) in [5, 5.41) is 14.3. The molecular weight excluding hydrogens is 355 g/mol. The van der Waals surface area contributed by atoms with Crippen LogP contribution in [0, 0.1) is 21.8 Å². The van der Waals surface area contributed by atoms with Gasteiger partial charge in [0, 0.05) is 23.1 Å². The number of halogens is 1. The largest absolute Gasteiger partial charge is 0.352 e. The Kier molecular flexibility index (Phi) is 5.88. The van der Waals surface area contributed by atoms with Crippen molar-refractivity contribution in [1.82, 2.24) is 5.32 Å². The van der Waals surface area contributed by atoms with Crippen molar-refractivity contribution >= 4 is 23.4 Å². The molecule has 1 fully saturated rings. The number of carbonyl (C=O) groups excluding carboxylic acids is 1. The Bertz CT molecular complexity index is 805. The zero-order valence-electron chi connectivity index (χ0n) is 14.1. The Hall–Kier alpha value is -2.41. The van der Waals surface area contributed by atoms with Crippen LogP contribution in [0.2, 0.25) is 0 Å². The molecule has 0 heterocycles. The first-order valence-corrected chi connectivity index (χ1v) is 9.34. The van der Waals surface area contributed by atoms with Crippen LogP contribution < -0.4 is 5.32 Å². The molecule has 7 heteroatoms. The van der Waals surface area contributed by atoms with E-state index < -0.39 is 4.92 Å². The standard InChI is InChI=1S/C19H19FN2O3S/c20-15-6-8-16(9-7-15)26-18-10-5-14(11-17(18)22(24)25)19(23)21-12-13-3-1-2-4-13/h5-11,13H,1-4,12H2,(H,21,23). The fourth-order valence-electron chi connectivity index (χ4n) is 3.07. The lowest BCUT2D eigenvalue weighted by Crippen LogP contribution is -2.28. The molecule has 3 rings (SSSR count). The first kappa shape index (κ1) is 18.4. The maximum atomic E-state index is 13.0. The molecular formula is C19H19FN2O3S. The maximum Gasteiger partial charge on any atom is 0.284 e. The van der Waals surface area contributed by atoms with Gasteiger partial charge in [0.05, 0.1) is 9.82 Å².